The van der Waals surface area contributed by atoms with Gasteiger partial charge >= 0.3 is 0 Å². The minimum Gasteiger partial charge on any atom is -0.298 e. The molecule has 19 heavy (non-hydrogen) atoms. The maximum atomic E-state index is 11.1. The number of carbonyl (C=O) groups is 1. The second-order valence-electron chi connectivity index (χ2n) is 4.27. The molecule has 0 heterocycles. The Kier molecular flexibility index (Phi) is 4.31. The summed E-state index contributed by atoms with van der Waals surface area (Å²) in [6, 6.07) is 17.5. The highest BCUT2D eigenvalue weighted by Gasteiger charge is 2.18. The number of hydrogen-bond acceptors (Lipinski definition) is 3. The van der Waals surface area contributed by atoms with Crippen LogP contribution in [0, 0.1) is 0 Å². The van der Waals surface area contributed by atoms with Crippen LogP contribution in [0.1, 0.15) is 28.9 Å². The summed E-state index contributed by atoms with van der Waals surface area (Å²) in [7, 11) is 1.61. The summed E-state index contributed by atoms with van der Waals surface area (Å²) in [6.45, 7) is 2.04. The second kappa shape index (κ2) is 6.16. The van der Waals surface area contributed by atoms with Crippen LogP contribution in [0.4, 0.5) is 5.69 Å². The number of carbonyl (C=O) groups excluding carboxylic acids is 1. The fourth-order valence-electron chi connectivity index (χ4n) is 2.12. The van der Waals surface area contributed by atoms with Crippen LogP contribution in [-0.2, 0) is 4.84 Å². The van der Waals surface area contributed by atoms with Crippen LogP contribution in [0.2, 0.25) is 0 Å². The van der Waals surface area contributed by atoms with Crippen LogP contribution in [0.3, 0.4) is 0 Å². The van der Waals surface area contributed by atoms with E-state index in [-0.39, 0.29) is 6.04 Å². The molecule has 0 radical (unpaired) electrons. The molecule has 0 aliphatic carbocycles. The van der Waals surface area contributed by atoms with Gasteiger partial charge in [0, 0.05) is 5.56 Å². The Morgan fingerprint density at radius 2 is 1.68 bits per heavy atom. The van der Waals surface area contributed by atoms with Gasteiger partial charge in [-0.3, -0.25) is 9.63 Å². The van der Waals surface area contributed by atoms with Gasteiger partial charge in [-0.2, -0.15) is 0 Å². The highest BCUT2D eigenvalue weighted by molar-refractivity contribution is 5.84. The molecule has 0 unspecified atom stereocenters. The number of rotatable bonds is 5. The average molecular weight is 255 g/mol. The van der Waals surface area contributed by atoms with Gasteiger partial charge in [0.1, 0.15) is 0 Å². The van der Waals surface area contributed by atoms with Crippen molar-refractivity contribution in [2.45, 2.75) is 13.0 Å². The summed E-state index contributed by atoms with van der Waals surface area (Å²) < 4.78 is 0. The third kappa shape index (κ3) is 2.83. The number of aldehydes is 1. The lowest BCUT2D eigenvalue weighted by atomic mass is 10.1. The van der Waals surface area contributed by atoms with Crippen LogP contribution in [0.5, 0.6) is 0 Å². The second-order valence-corrected chi connectivity index (χ2v) is 4.27. The third-order valence-corrected chi connectivity index (χ3v) is 3.13. The van der Waals surface area contributed by atoms with Crippen molar-refractivity contribution in [3.63, 3.8) is 0 Å². The van der Waals surface area contributed by atoms with E-state index in [4.69, 9.17) is 4.84 Å². The van der Waals surface area contributed by atoms with E-state index in [0.29, 0.717) is 5.56 Å². The van der Waals surface area contributed by atoms with Crippen molar-refractivity contribution < 1.29 is 9.63 Å². The fourth-order valence-corrected chi connectivity index (χ4v) is 2.12. The molecule has 2 aromatic rings. The summed E-state index contributed by atoms with van der Waals surface area (Å²) in [6.07, 6.45) is 0.846. The van der Waals surface area contributed by atoms with Gasteiger partial charge in [0.25, 0.3) is 0 Å². The van der Waals surface area contributed by atoms with Crippen molar-refractivity contribution in [2.75, 3.05) is 12.2 Å². The molecule has 0 aromatic heterocycles. The van der Waals surface area contributed by atoms with Crippen molar-refractivity contribution >= 4 is 12.0 Å². The molecule has 0 aliphatic heterocycles. The minimum atomic E-state index is 0.0206. The Bertz CT molecular complexity index is 539. The van der Waals surface area contributed by atoms with E-state index in [9.17, 15) is 4.79 Å². The lowest BCUT2D eigenvalue weighted by Crippen LogP contribution is -2.26. The van der Waals surface area contributed by atoms with Gasteiger partial charge in [-0.1, -0.05) is 42.5 Å². The minimum absolute atomic E-state index is 0.0206. The molecule has 3 nitrogen and oxygen atoms in total. The topological polar surface area (TPSA) is 29.5 Å². The van der Waals surface area contributed by atoms with E-state index < -0.39 is 0 Å². The van der Waals surface area contributed by atoms with Crippen LogP contribution >= 0.6 is 0 Å². The Balaban J connectivity index is 2.37. The molecule has 0 spiro atoms. The van der Waals surface area contributed by atoms with E-state index in [0.717, 1.165) is 17.5 Å². The molecule has 0 fully saturated rings. The predicted octanol–water partition coefficient (Wildman–Crippen LogP) is 3.63. The number of benzene rings is 2. The summed E-state index contributed by atoms with van der Waals surface area (Å²) in [4.78, 5) is 16.6. The van der Waals surface area contributed by atoms with E-state index in [1.54, 1.807) is 18.2 Å². The van der Waals surface area contributed by atoms with Gasteiger partial charge in [0.05, 0.1) is 18.8 Å². The first kappa shape index (κ1) is 13.3. The van der Waals surface area contributed by atoms with Crippen molar-refractivity contribution in [3.05, 3.63) is 65.7 Å². The monoisotopic (exact) mass is 255 g/mol. The zero-order valence-electron chi connectivity index (χ0n) is 11.1. The zero-order valence-corrected chi connectivity index (χ0v) is 11.1. The summed E-state index contributed by atoms with van der Waals surface area (Å²) in [5, 5.41) is 1.75. The average Bonchev–Trinajstić information content (AvgIpc) is 2.49. The normalized spacial score (nSPS) is 11.9. The maximum Gasteiger partial charge on any atom is 0.152 e. The van der Waals surface area contributed by atoms with Crippen molar-refractivity contribution in [1.82, 2.24) is 0 Å². The van der Waals surface area contributed by atoms with Crippen molar-refractivity contribution in [2.24, 2.45) is 0 Å². The first-order valence-corrected chi connectivity index (χ1v) is 6.20. The number of para-hydroxylation sites is 1. The maximum absolute atomic E-state index is 11.1. The first-order chi connectivity index (χ1) is 9.27. The van der Waals surface area contributed by atoms with Crippen molar-refractivity contribution in [1.29, 1.82) is 0 Å². The number of hydrogen-bond donors (Lipinski definition) is 0. The standard InChI is InChI=1S/C16H17NO2/c1-13(14-8-4-3-5-9-14)17(19-2)16-11-7-6-10-15(16)12-18/h3-13H,1-2H3/t13-/m1/s1. The third-order valence-electron chi connectivity index (χ3n) is 3.13. The summed E-state index contributed by atoms with van der Waals surface area (Å²) in [5.41, 5.74) is 2.52. The molecular weight excluding hydrogens is 238 g/mol. The highest BCUT2D eigenvalue weighted by atomic mass is 16.7. The highest BCUT2D eigenvalue weighted by Crippen LogP contribution is 2.28. The summed E-state index contributed by atoms with van der Waals surface area (Å²) >= 11 is 0. The molecule has 0 N–H and O–H groups in total. The molecule has 0 amide bonds. The molecule has 0 saturated carbocycles. The van der Waals surface area contributed by atoms with Crippen LogP contribution < -0.4 is 5.06 Å². The Morgan fingerprint density at radius 3 is 2.32 bits per heavy atom. The Morgan fingerprint density at radius 1 is 1.05 bits per heavy atom. The molecule has 2 rings (SSSR count). The molecule has 3 heteroatoms. The molecule has 98 valence electrons. The Hall–Kier alpha value is -2.13. The van der Waals surface area contributed by atoms with Crippen LogP contribution in [0.25, 0.3) is 0 Å². The zero-order chi connectivity index (χ0) is 13.7. The smallest absolute Gasteiger partial charge is 0.152 e. The van der Waals surface area contributed by atoms with Gasteiger partial charge in [-0.05, 0) is 24.6 Å². The largest absolute Gasteiger partial charge is 0.298 e. The van der Waals surface area contributed by atoms with Gasteiger partial charge in [-0.25, -0.2) is 5.06 Å². The molecular formula is C16H17NO2. The van der Waals surface area contributed by atoms with E-state index in [1.165, 1.54) is 0 Å². The van der Waals surface area contributed by atoms with Gasteiger partial charge in [0.2, 0.25) is 0 Å². The van der Waals surface area contributed by atoms with Crippen LogP contribution in [0.15, 0.2) is 54.6 Å². The summed E-state index contributed by atoms with van der Waals surface area (Å²) in [5.74, 6) is 0. The fraction of sp³-hybridized carbons (Fsp3) is 0.188. The molecule has 0 aliphatic rings. The number of anilines is 1. The molecule has 0 bridgehead atoms. The number of nitrogens with zero attached hydrogens (tertiary/aromatic N) is 1. The predicted molar refractivity (Wildman–Crippen MR) is 76.2 cm³/mol. The molecule has 0 saturated heterocycles. The van der Waals surface area contributed by atoms with E-state index in [1.807, 2.05) is 55.5 Å². The lowest BCUT2D eigenvalue weighted by Gasteiger charge is -2.29. The molecule has 2 aromatic carbocycles. The van der Waals surface area contributed by atoms with E-state index in [2.05, 4.69) is 0 Å². The van der Waals surface area contributed by atoms with Gasteiger partial charge in [0.15, 0.2) is 6.29 Å². The molecule has 1 atom stereocenters. The van der Waals surface area contributed by atoms with Crippen molar-refractivity contribution in [3.8, 4) is 0 Å². The first-order valence-electron chi connectivity index (χ1n) is 6.20. The quantitative estimate of drug-likeness (QED) is 0.603. The van der Waals surface area contributed by atoms with Gasteiger partial charge in [-0.15, -0.1) is 0 Å². The SMILES string of the molecule is CON(c1ccccc1C=O)[C@H](C)c1ccccc1. The Labute approximate surface area is 113 Å². The number of hydroxylamine groups is 1. The lowest BCUT2D eigenvalue weighted by molar-refractivity contribution is 0.111. The van der Waals surface area contributed by atoms with Gasteiger partial charge < -0.3 is 0 Å². The van der Waals surface area contributed by atoms with Crippen LogP contribution in [-0.4, -0.2) is 13.4 Å². The van der Waals surface area contributed by atoms with E-state index >= 15 is 0 Å².